The Morgan fingerprint density at radius 2 is 1.69 bits per heavy atom. The summed E-state index contributed by atoms with van der Waals surface area (Å²) in [7, 11) is 1.87. The van der Waals surface area contributed by atoms with E-state index in [4.69, 9.17) is 0 Å². The fourth-order valence-electron chi connectivity index (χ4n) is 5.56. The number of quaternary nitrogens is 1. The predicted molar refractivity (Wildman–Crippen MR) is 198 cm³/mol. The summed E-state index contributed by atoms with van der Waals surface area (Å²) >= 11 is 1.38. The van der Waals surface area contributed by atoms with Crippen LogP contribution in [-0.4, -0.2) is 68.5 Å². The van der Waals surface area contributed by atoms with Crippen LogP contribution < -0.4 is 11.0 Å². The summed E-state index contributed by atoms with van der Waals surface area (Å²) in [6, 6.07) is 20.4. The van der Waals surface area contributed by atoms with E-state index in [1.54, 1.807) is 50.2 Å². The molecule has 6 aromatic rings. The molecule has 1 amide bonds. The lowest BCUT2D eigenvalue weighted by Gasteiger charge is -2.22. The van der Waals surface area contributed by atoms with Crippen molar-refractivity contribution in [3.8, 4) is 28.8 Å². The van der Waals surface area contributed by atoms with Gasteiger partial charge in [0.25, 0.3) is 0 Å². The van der Waals surface area contributed by atoms with E-state index >= 15 is 0 Å². The first-order valence-corrected chi connectivity index (χ1v) is 18.7. The molecule has 0 fully saturated rings. The van der Waals surface area contributed by atoms with Gasteiger partial charge in [-0.05, 0) is 74.5 Å². The Morgan fingerprint density at radius 1 is 1.02 bits per heavy atom. The van der Waals surface area contributed by atoms with Crippen LogP contribution in [0.2, 0.25) is 0 Å². The number of nitrogens with zero attached hydrogens (tertiary/aromatic N) is 7. The lowest BCUT2D eigenvalue weighted by Crippen LogP contribution is -2.38. The van der Waals surface area contributed by atoms with Crippen LogP contribution in [0.4, 0.5) is 18.0 Å². The maximum atomic E-state index is 14.0. The Morgan fingerprint density at radius 3 is 2.27 bits per heavy atom. The molecule has 3 heterocycles. The Hall–Kier alpha value is -5.87. The number of alkyl halides is 3. The zero-order valence-corrected chi connectivity index (χ0v) is 31.8. The van der Waals surface area contributed by atoms with Crippen LogP contribution in [0.3, 0.4) is 0 Å². The molecule has 0 aliphatic heterocycles. The Balaban J connectivity index is 0.000000504. The molecule has 1 atom stereocenters. The van der Waals surface area contributed by atoms with Crippen LogP contribution in [-0.2, 0) is 22.8 Å². The average Bonchev–Trinajstić information content (AvgIpc) is 3.85. The molecule has 13 nitrogen and oxygen atoms in total. The standard InChI is InChI=1S/C31H29F3N8O2S.C6H6O3S/c1-19(28-38-23(18-45-28)17-42(3,4)5)37-29(43)40-27(26-13-14-36-41(26)24-11-9-21(16-35)10-12-24)20(2)39(30(40)44)25-8-6-7-22(15-25)31(32,33)34;7-10(8,9)6-4-2-1-3-5-6/h6-15,18-19H,17H2,1-5H3;1-5H,(H,7,8,9). The third-order valence-electron chi connectivity index (χ3n) is 7.99. The second-order valence-electron chi connectivity index (χ2n) is 13.3. The molecule has 3 aromatic heterocycles. The van der Waals surface area contributed by atoms with Gasteiger partial charge >= 0.3 is 17.9 Å². The number of carbonyl (C=O) groups is 1. The Kier molecular flexibility index (Phi) is 11.6. The fraction of sp³-hybridized carbons (Fsp3) is 0.216. The van der Waals surface area contributed by atoms with Gasteiger partial charge < -0.3 is 14.4 Å². The number of hydrogen-bond acceptors (Lipinski definition) is 9. The number of carbonyl (C=O) groups excluding carboxylic acids is 1. The molecule has 1 N–H and O–H groups in total. The molecule has 6 rings (SSSR count). The maximum absolute atomic E-state index is 14.0. The van der Waals surface area contributed by atoms with E-state index in [0.717, 1.165) is 27.0 Å². The van der Waals surface area contributed by atoms with E-state index in [1.165, 1.54) is 58.6 Å². The number of imidazole rings is 1. The molecule has 0 radical (unpaired) electrons. The van der Waals surface area contributed by atoms with E-state index in [-0.39, 0.29) is 22.0 Å². The van der Waals surface area contributed by atoms with E-state index in [1.807, 2.05) is 26.5 Å². The first kappa shape index (κ1) is 40.3. The second-order valence-corrected chi connectivity index (χ2v) is 15.6. The quantitative estimate of drug-likeness (QED) is 0.139. The number of nitriles is 1. The predicted octanol–water partition coefficient (Wildman–Crippen LogP) is 6.26. The third-order valence-corrected chi connectivity index (χ3v) is 9.92. The summed E-state index contributed by atoms with van der Waals surface area (Å²) in [5, 5.41) is 19.0. The number of halogens is 3. The highest BCUT2D eigenvalue weighted by atomic mass is 32.2. The van der Waals surface area contributed by atoms with Gasteiger partial charge in [-0.3, -0.25) is 4.57 Å². The maximum Gasteiger partial charge on any atom is 0.416 e. The van der Waals surface area contributed by atoms with Crippen molar-refractivity contribution in [2.75, 3.05) is 21.1 Å². The van der Waals surface area contributed by atoms with Gasteiger partial charge in [-0.2, -0.15) is 23.5 Å². The molecule has 0 saturated carbocycles. The van der Waals surface area contributed by atoms with Gasteiger partial charge in [-0.15, -0.1) is 11.3 Å². The largest absolute Gasteiger partial charge is 0.744 e. The first-order chi connectivity index (χ1) is 25.8. The van der Waals surface area contributed by atoms with Gasteiger partial charge in [0.05, 0.1) is 78.2 Å². The number of thiazole rings is 1. The van der Waals surface area contributed by atoms with Crippen LogP contribution in [0.15, 0.2) is 106 Å². The van der Waals surface area contributed by atoms with Crippen LogP contribution in [0, 0.1) is 18.3 Å². The zero-order chi connectivity index (χ0) is 40.3. The van der Waals surface area contributed by atoms with Gasteiger partial charge in [0.2, 0.25) is 0 Å². The highest BCUT2D eigenvalue weighted by Gasteiger charge is 2.32. The zero-order valence-electron chi connectivity index (χ0n) is 30.1. The number of aromatic nitrogens is 5. The fourth-order valence-corrected chi connectivity index (χ4v) is 6.87. The average molecular weight is 793 g/mol. The highest BCUT2D eigenvalue weighted by Crippen LogP contribution is 2.32. The van der Waals surface area contributed by atoms with Crippen LogP contribution >= 0.6 is 11.3 Å². The molecule has 18 heteroatoms. The summed E-state index contributed by atoms with van der Waals surface area (Å²) in [5.74, 6) is 0. The van der Waals surface area contributed by atoms with Crippen molar-refractivity contribution >= 4 is 27.5 Å². The monoisotopic (exact) mass is 792 g/mol. The summed E-state index contributed by atoms with van der Waals surface area (Å²) in [4.78, 5) is 32.4. The van der Waals surface area contributed by atoms with E-state index in [0.29, 0.717) is 33.0 Å². The van der Waals surface area contributed by atoms with Crippen molar-refractivity contribution < 1.29 is 35.4 Å². The lowest BCUT2D eigenvalue weighted by atomic mass is 10.2. The molecule has 55 heavy (non-hydrogen) atoms. The molecule has 1 unspecified atom stereocenters. The van der Waals surface area contributed by atoms with Crippen molar-refractivity contribution in [3.63, 3.8) is 0 Å². The summed E-state index contributed by atoms with van der Waals surface area (Å²) in [6.45, 7) is 3.98. The normalized spacial score (nSPS) is 12.4. The summed E-state index contributed by atoms with van der Waals surface area (Å²) < 4.78 is 75.8. The van der Waals surface area contributed by atoms with Crippen molar-refractivity contribution in [1.82, 2.24) is 29.2 Å². The Bertz CT molecular complexity index is 2530. The highest BCUT2D eigenvalue weighted by molar-refractivity contribution is 7.85. The van der Waals surface area contributed by atoms with Gasteiger partial charge in [-0.25, -0.2) is 32.2 Å². The Labute approximate surface area is 318 Å². The molecule has 0 aliphatic rings. The molecule has 0 spiro atoms. The van der Waals surface area contributed by atoms with Gasteiger partial charge in [0.15, 0.2) is 0 Å². The van der Waals surface area contributed by atoms with Crippen LogP contribution in [0.1, 0.15) is 40.5 Å². The van der Waals surface area contributed by atoms with Gasteiger partial charge in [0.1, 0.15) is 33.1 Å². The summed E-state index contributed by atoms with van der Waals surface area (Å²) in [6.07, 6.45) is -3.16. The number of hydrogen-bond donors (Lipinski definition) is 1. The summed E-state index contributed by atoms with van der Waals surface area (Å²) in [5.41, 5.74) is 0.672. The topological polar surface area (TPSA) is 168 Å². The van der Waals surface area contributed by atoms with Crippen molar-refractivity contribution in [2.45, 2.75) is 37.5 Å². The van der Waals surface area contributed by atoms with E-state index in [9.17, 15) is 41.0 Å². The molecule has 0 saturated heterocycles. The van der Waals surface area contributed by atoms with E-state index in [2.05, 4.69) is 21.5 Å². The molecular weight excluding hydrogens is 758 g/mol. The lowest BCUT2D eigenvalue weighted by molar-refractivity contribution is -0.884. The number of nitrogens with one attached hydrogen (secondary N) is 1. The molecule has 0 bridgehead atoms. The minimum Gasteiger partial charge on any atom is -0.744 e. The van der Waals surface area contributed by atoms with Crippen LogP contribution in [0.25, 0.3) is 22.8 Å². The number of benzene rings is 3. The smallest absolute Gasteiger partial charge is 0.416 e. The SMILES string of the molecule is Cc1c(-c2ccnn2-c2ccc(C#N)cc2)n(C(=O)NC(C)c2nc(C[N+](C)(C)C)cs2)c(=O)n1-c1cccc(C(F)(F)F)c1.O=S(=O)([O-])c1ccccc1. The minimum atomic E-state index is -4.64. The van der Waals surface area contributed by atoms with Crippen molar-refractivity contribution in [3.05, 3.63) is 135 Å². The van der Waals surface area contributed by atoms with Crippen molar-refractivity contribution in [2.24, 2.45) is 0 Å². The van der Waals surface area contributed by atoms with Crippen molar-refractivity contribution in [1.29, 1.82) is 5.26 Å². The van der Waals surface area contributed by atoms with Crippen LogP contribution in [0.5, 0.6) is 0 Å². The molecule has 0 aliphatic carbocycles. The van der Waals surface area contributed by atoms with Gasteiger partial charge in [0, 0.05) is 5.38 Å². The second kappa shape index (κ2) is 15.8. The third kappa shape index (κ3) is 9.45. The first-order valence-electron chi connectivity index (χ1n) is 16.4. The molecule has 286 valence electrons. The molecular formula is C37H35F3N8O5S2. The number of rotatable bonds is 8. The van der Waals surface area contributed by atoms with E-state index < -0.39 is 39.6 Å². The number of amides is 1. The molecule has 3 aromatic carbocycles. The van der Waals surface area contributed by atoms with Gasteiger partial charge in [-0.1, -0.05) is 24.3 Å². The minimum absolute atomic E-state index is 0.0533.